The lowest BCUT2D eigenvalue weighted by atomic mass is 10.2. The molecule has 0 aliphatic carbocycles. The first-order chi connectivity index (χ1) is 10.9. The summed E-state index contributed by atoms with van der Waals surface area (Å²) < 4.78 is 14.7. The van der Waals surface area contributed by atoms with Crippen molar-refractivity contribution in [3.05, 3.63) is 57.8 Å². The van der Waals surface area contributed by atoms with Gasteiger partial charge in [-0.3, -0.25) is 0 Å². The monoisotopic (exact) mass is 378 g/mol. The molecule has 2 aromatic carbocycles. The zero-order valence-electron chi connectivity index (χ0n) is 13.4. The highest BCUT2D eigenvalue weighted by Crippen LogP contribution is 2.26. The summed E-state index contributed by atoms with van der Waals surface area (Å²) in [4.78, 5) is 6.02. The van der Waals surface area contributed by atoms with Crippen LogP contribution in [0.15, 0.2) is 45.9 Å². The molecule has 0 aromatic heterocycles. The average molecular weight is 379 g/mol. The van der Waals surface area contributed by atoms with Crippen molar-refractivity contribution in [3.63, 3.8) is 0 Å². The van der Waals surface area contributed by atoms with Gasteiger partial charge < -0.3 is 16.0 Å². The minimum Gasteiger partial charge on any atom is -0.369 e. The number of hydrogen-bond donors (Lipinski definition) is 2. The maximum Gasteiger partial charge on any atom is 0.197 e. The Labute approximate surface area is 144 Å². The van der Waals surface area contributed by atoms with E-state index in [4.69, 9.17) is 5.73 Å². The summed E-state index contributed by atoms with van der Waals surface area (Å²) in [6.07, 6.45) is 0. The fourth-order valence-corrected chi connectivity index (χ4v) is 2.84. The van der Waals surface area contributed by atoms with Crippen molar-refractivity contribution in [2.75, 3.05) is 23.9 Å². The summed E-state index contributed by atoms with van der Waals surface area (Å²) in [5, 5.41) is 2.92. The lowest BCUT2D eigenvalue weighted by Crippen LogP contribution is -2.34. The number of aryl methyl sites for hydroxylation is 2. The Balaban J connectivity index is 2.04. The molecule has 0 saturated heterocycles. The van der Waals surface area contributed by atoms with Crippen molar-refractivity contribution in [3.8, 4) is 0 Å². The van der Waals surface area contributed by atoms with E-state index in [9.17, 15) is 4.39 Å². The maximum atomic E-state index is 13.7. The van der Waals surface area contributed by atoms with Crippen LogP contribution in [0.5, 0.6) is 0 Å². The number of benzene rings is 2. The standard InChI is InChI=1S/C17H20BrFN4/c1-11-5-7-16(13(18)8-11)23(3)17(20)22-10-21-15-6-4-12(2)9-14(15)19/h4-9,21H,10H2,1-3H3,(H2,20,22). The normalized spacial score (nSPS) is 11.4. The van der Waals surface area contributed by atoms with Crippen LogP contribution in [0.4, 0.5) is 15.8 Å². The van der Waals surface area contributed by atoms with Crippen LogP contribution in [0.1, 0.15) is 11.1 Å². The fraction of sp³-hybridized carbons (Fsp3) is 0.235. The third-order valence-corrected chi connectivity index (χ3v) is 4.08. The van der Waals surface area contributed by atoms with Gasteiger partial charge in [0, 0.05) is 11.5 Å². The molecule has 0 atom stereocenters. The molecule has 0 aliphatic heterocycles. The second-order valence-electron chi connectivity index (χ2n) is 5.35. The number of nitrogens with two attached hydrogens (primary N) is 1. The van der Waals surface area contributed by atoms with E-state index in [1.165, 1.54) is 6.07 Å². The van der Waals surface area contributed by atoms with Gasteiger partial charge in [0.05, 0.1) is 11.4 Å². The second-order valence-corrected chi connectivity index (χ2v) is 6.20. The molecular weight excluding hydrogens is 359 g/mol. The molecule has 2 rings (SSSR count). The predicted octanol–water partition coefficient (Wildman–Crippen LogP) is 4.03. The fourth-order valence-electron chi connectivity index (χ4n) is 2.08. The van der Waals surface area contributed by atoms with Gasteiger partial charge in [0.15, 0.2) is 5.96 Å². The number of nitrogens with zero attached hydrogens (tertiary/aromatic N) is 2. The SMILES string of the molecule is Cc1ccc(NCN=C(N)N(C)c2ccc(C)cc2Br)c(F)c1. The van der Waals surface area contributed by atoms with E-state index < -0.39 is 0 Å². The van der Waals surface area contributed by atoms with E-state index >= 15 is 0 Å². The summed E-state index contributed by atoms with van der Waals surface area (Å²) >= 11 is 3.52. The average Bonchev–Trinajstić information content (AvgIpc) is 2.48. The first-order valence-corrected chi connectivity index (χ1v) is 7.97. The number of halogens is 2. The van der Waals surface area contributed by atoms with Gasteiger partial charge in [0.25, 0.3) is 0 Å². The number of guanidine groups is 1. The summed E-state index contributed by atoms with van der Waals surface area (Å²) in [6.45, 7) is 4.06. The predicted molar refractivity (Wildman–Crippen MR) is 98.5 cm³/mol. The number of hydrogen-bond acceptors (Lipinski definition) is 2. The largest absolute Gasteiger partial charge is 0.369 e. The van der Waals surface area contributed by atoms with E-state index in [0.29, 0.717) is 11.6 Å². The smallest absolute Gasteiger partial charge is 0.197 e. The highest BCUT2D eigenvalue weighted by molar-refractivity contribution is 9.10. The maximum absolute atomic E-state index is 13.7. The van der Waals surface area contributed by atoms with Crippen LogP contribution in [0.3, 0.4) is 0 Å². The highest BCUT2D eigenvalue weighted by Gasteiger charge is 2.09. The Kier molecular flexibility index (Phi) is 5.60. The van der Waals surface area contributed by atoms with Crippen molar-refractivity contribution < 1.29 is 4.39 Å². The first-order valence-electron chi connectivity index (χ1n) is 7.18. The highest BCUT2D eigenvalue weighted by atomic mass is 79.9. The molecule has 0 amide bonds. The first kappa shape index (κ1) is 17.3. The molecular formula is C17H20BrFN4. The lowest BCUT2D eigenvalue weighted by Gasteiger charge is -2.20. The molecule has 0 fully saturated rings. The minimum absolute atomic E-state index is 0.194. The van der Waals surface area contributed by atoms with Crippen LogP contribution in [-0.2, 0) is 0 Å². The second kappa shape index (κ2) is 7.46. The molecule has 0 radical (unpaired) electrons. The Morgan fingerprint density at radius 3 is 2.52 bits per heavy atom. The van der Waals surface area contributed by atoms with Crippen LogP contribution >= 0.6 is 15.9 Å². The summed E-state index contributed by atoms with van der Waals surface area (Å²) in [7, 11) is 1.83. The van der Waals surface area contributed by atoms with Crippen molar-refractivity contribution in [1.29, 1.82) is 0 Å². The third-order valence-electron chi connectivity index (χ3n) is 3.44. The Morgan fingerprint density at radius 1 is 1.22 bits per heavy atom. The van der Waals surface area contributed by atoms with Gasteiger partial charge in [-0.05, 0) is 65.2 Å². The molecule has 3 N–H and O–H groups in total. The van der Waals surface area contributed by atoms with E-state index in [2.05, 4.69) is 26.2 Å². The van der Waals surface area contributed by atoms with E-state index in [1.54, 1.807) is 11.0 Å². The van der Waals surface area contributed by atoms with Crippen LogP contribution in [0, 0.1) is 19.7 Å². The van der Waals surface area contributed by atoms with Gasteiger partial charge in [0.1, 0.15) is 12.5 Å². The molecule has 122 valence electrons. The van der Waals surface area contributed by atoms with E-state index in [1.807, 2.05) is 45.2 Å². The Bertz CT molecular complexity index is 731. The third kappa shape index (κ3) is 4.45. The van der Waals surface area contributed by atoms with Gasteiger partial charge in [-0.15, -0.1) is 0 Å². The van der Waals surface area contributed by atoms with Crippen molar-refractivity contribution in [2.24, 2.45) is 10.7 Å². The minimum atomic E-state index is -0.298. The number of rotatable bonds is 4. The molecule has 0 saturated carbocycles. The zero-order chi connectivity index (χ0) is 17.0. The lowest BCUT2D eigenvalue weighted by molar-refractivity contribution is 0.629. The molecule has 2 aromatic rings. The van der Waals surface area contributed by atoms with Crippen molar-refractivity contribution >= 4 is 33.3 Å². The topological polar surface area (TPSA) is 53.6 Å². The van der Waals surface area contributed by atoms with Crippen molar-refractivity contribution in [2.45, 2.75) is 13.8 Å². The van der Waals surface area contributed by atoms with Gasteiger partial charge in [-0.25, -0.2) is 9.38 Å². The zero-order valence-corrected chi connectivity index (χ0v) is 15.0. The van der Waals surface area contributed by atoms with Crippen molar-refractivity contribution in [1.82, 2.24) is 0 Å². The molecule has 23 heavy (non-hydrogen) atoms. The van der Waals surface area contributed by atoms with E-state index in [-0.39, 0.29) is 12.5 Å². The molecule has 6 heteroatoms. The van der Waals surface area contributed by atoms with Crippen LogP contribution < -0.4 is 16.0 Å². The van der Waals surface area contributed by atoms with Crippen LogP contribution in [-0.4, -0.2) is 19.7 Å². The number of anilines is 2. The van der Waals surface area contributed by atoms with Gasteiger partial charge in [0.2, 0.25) is 0 Å². The number of aliphatic imine (C=N–C) groups is 1. The van der Waals surface area contributed by atoms with Gasteiger partial charge in [-0.2, -0.15) is 0 Å². The molecule has 0 bridgehead atoms. The Hall–Kier alpha value is -2.08. The van der Waals surface area contributed by atoms with Crippen LogP contribution in [0.25, 0.3) is 0 Å². The quantitative estimate of drug-likeness (QED) is 0.623. The van der Waals surface area contributed by atoms with E-state index in [0.717, 1.165) is 21.3 Å². The summed E-state index contributed by atoms with van der Waals surface area (Å²) in [6, 6.07) is 11.0. The molecule has 0 spiro atoms. The molecule has 0 unspecified atom stereocenters. The molecule has 0 aliphatic rings. The molecule has 0 heterocycles. The summed E-state index contributed by atoms with van der Waals surface area (Å²) in [5.41, 5.74) is 9.36. The van der Waals surface area contributed by atoms with Gasteiger partial charge >= 0.3 is 0 Å². The molecule has 4 nitrogen and oxygen atoms in total. The Morgan fingerprint density at radius 2 is 1.87 bits per heavy atom. The number of nitrogens with one attached hydrogen (secondary N) is 1. The summed E-state index contributed by atoms with van der Waals surface area (Å²) in [5.74, 6) is 0.0444. The van der Waals surface area contributed by atoms with Gasteiger partial charge in [-0.1, -0.05) is 12.1 Å². The van der Waals surface area contributed by atoms with Crippen LogP contribution in [0.2, 0.25) is 0 Å².